The highest BCUT2D eigenvalue weighted by molar-refractivity contribution is 7.17. The van der Waals surface area contributed by atoms with Crippen LogP contribution in [0.5, 0.6) is 11.5 Å². The molecule has 0 aliphatic heterocycles. The van der Waals surface area contributed by atoms with Crippen molar-refractivity contribution in [1.82, 2.24) is 9.78 Å². The second-order valence-electron chi connectivity index (χ2n) is 5.59. The molecule has 25 heavy (non-hydrogen) atoms. The topological polar surface area (TPSA) is 53.4 Å². The van der Waals surface area contributed by atoms with Gasteiger partial charge in [-0.1, -0.05) is 0 Å². The fraction of sp³-hybridized carbons (Fsp3) is 0.263. The third-order valence-corrected chi connectivity index (χ3v) is 4.95. The second-order valence-corrected chi connectivity index (χ2v) is 6.67. The minimum Gasteiger partial charge on any atom is -0.497 e. The summed E-state index contributed by atoms with van der Waals surface area (Å²) in [6.45, 7) is 2.99. The molecule has 0 atom stereocenters. The van der Waals surface area contributed by atoms with Crippen molar-refractivity contribution in [3.63, 3.8) is 0 Å². The van der Waals surface area contributed by atoms with Crippen molar-refractivity contribution in [3.05, 3.63) is 53.7 Å². The van der Waals surface area contributed by atoms with Crippen molar-refractivity contribution in [3.8, 4) is 21.9 Å². The molecule has 0 aliphatic rings. The Morgan fingerprint density at radius 3 is 2.76 bits per heavy atom. The van der Waals surface area contributed by atoms with Crippen molar-refractivity contribution in [1.29, 1.82) is 0 Å². The monoisotopic (exact) mass is 356 g/mol. The van der Waals surface area contributed by atoms with Gasteiger partial charge in [-0.25, -0.2) is 0 Å². The summed E-state index contributed by atoms with van der Waals surface area (Å²) < 4.78 is 13.1. The third-order valence-electron chi connectivity index (χ3n) is 3.71. The standard InChI is InChI=1S/C19H20N2O3S/c1-14(22)18-5-6-19(25-18)15-11-16(23-2)13-17(12-15)24-10-4-9-21-8-3-7-20-21/h3,5-8,11-13H,4,9-10H2,1-2H3. The van der Waals surface area contributed by atoms with Gasteiger partial charge in [-0.15, -0.1) is 11.3 Å². The summed E-state index contributed by atoms with van der Waals surface area (Å²) in [7, 11) is 1.63. The SMILES string of the molecule is COc1cc(OCCCn2cccn2)cc(-c2ccc(C(C)=O)s2)c1. The number of rotatable bonds is 8. The first-order chi connectivity index (χ1) is 12.2. The summed E-state index contributed by atoms with van der Waals surface area (Å²) in [4.78, 5) is 13.3. The van der Waals surface area contributed by atoms with Crippen LogP contribution in [-0.4, -0.2) is 29.3 Å². The molecule has 5 nitrogen and oxygen atoms in total. The summed E-state index contributed by atoms with van der Waals surface area (Å²) in [6, 6.07) is 11.5. The van der Waals surface area contributed by atoms with E-state index in [9.17, 15) is 4.79 Å². The predicted molar refractivity (Wildman–Crippen MR) is 98.7 cm³/mol. The Balaban J connectivity index is 1.69. The lowest BCUT2D eigenvalue weighted by molar-refractivity contribution is 0.102. The van der Waals surface area contributed by atoms with Crippen molar-refractivity contribution in [2.45, 2.75) is 19.9 Å². The zero-order chi connectivity index (χ0) is 17.6. The number of hydrogen-bond donors (Lipinski definition) is 0. The van der Waals surface area contributed by atoms with Crippen LogP contribution < -0.4 is 9.47 Å². The van der Waals surface area contributed by atoms with E-state index in [0.717, 1.165) is 39.8 Å². The van der Waals surface area contributed by atoms with Crippen LogP contribution in [-0.2, 0) is 6.54 Å². The molecule has 0 radical (unpaired) electrons. The van der Waals surface area contributed by atoms with E-state index < -0.39 is 0 Å². The number of thiophene rings is 1. The first kappa shape index (κ1) is 17.2. The molecule has 0 spiro atoms. The molecule has 0 saturated heterocycles. The number of Topliss-reactive ketones (excluding diaryl/α,β-unsaturated/α-hetero) is 1. The largest absolute Gasteiger partial charge is 0.497 e. The van der Waals surface area contributed by atoms with Crippen LogP contribution in [0, 0.1) is 0 Å². The molecular formula is C19H20N2O3S. The lowest BCUT2D eigenvalue weighted by Crippen LogP contribution is -2.05. The van der Waals surface area contributed by atoms with Crippen LogP contribution in [0.1, 0.15) is 23.0 Å². The maximum absolute atomic E-state index is 11.5. The molecule has 130 valence electrons. The molecule has 0 fully saturated rings. The van der Waals surface area contributed by atoms with E-state index in [2.05, 4.69) is 5.10 Å². The smallest absolute Gasteiger partial charge is 0.169 e. The Morgan fingerprint density at radius 2 is 2.08 bits per heavy atom. The average molecular weight is 356 g/mol. The Labute approximate surface area is 150 Å². The zero-order valence-electron chi connectivity index (χ0n) is 14.3. The van der Waals surface area contributed by atoms with E-state index in [1.54, 1.807) is 20.2 Å². The molecule has 0 aliphatic carbocycles. The molecule has 2 aromatic heterocycles. The summed E-state index contributed by atoms with van der Waals surface area (Å²) in [5.74, 6) is 1.57. The Morgan fingerprint density at radius 1 is 1.24 bits per heavy atom. The number of aromatic nitrogens is 2. The molecular weight excluding hydrogens is 336 g/mol. The van der Waals surface area contributed by atoms with Gasteiger partial charge in [0.05, 0.1) is 18.6 Å². The van der Waals surface area contributed by atoms with Gasteiger partial charge in [-0.05, 0) is 42.8 Å². The van der Waals surface area contributed by atoms with Gasteiger partial charge >= 0.3 is 0 Å². The molecule has 0 bridgehead atoms. The lowest BCUT2D eigenvalue weighted by Gasteiger charge is -2.10. The Kier molecular flexibility index (Phi) is 5.50. The normalized spacial score (nSPS) is 10.6. The van der Waals surface area contributed by atoms with Gasteiger partial charge in [-0.3, -0.25) is 9.48 Å². The highest BCUT2D eigenvalue weighted by Crippen LogP contribution is 2.34. The van der Waals surface area contributed by atoms with Crippen LogP contribution in [0.2, 0.25) is 0 Å². The molecule has 3 aromatic rings. The van der Waals surface area contributed by atoms with Gasteiger partial charge in [0.25, 0.3) is 0 Å². The zero-order valence-corrected chi connectivity index (χ0v) is 15.1. The summed E-state index contributed by atoms with van der Waals surface area (Å²) in [6.07, 6.45) is 4.57. The molecule has 3 rings (SSSR count). The van der Waals surface area contributed by atoms with Gasteiger partial charge in [0.1, 0.15) is 11.5 Å². The van der Waals surface area contributed by atoms with Gasteiger partial charge < -0.3 is 9.47 Å². The van der Waals surface area contributed by atoms with Crippen LogP contribution in [0.4, 0.5) is 0 Å². The summed E-state index contributed by atoms with van der Waals surface area (Å²) >= 11 is 1.48. The lowest BCUT2D eigenvalue weighted by atomic mass is 10.1. The first-order valence-corrected chi connectivity index (χ1v) is 8.88. The maximum atomic E-state index is 11.5. The number of carbonyl (C=O) groups is 1. The number of ketones is 1. The van der Waals surface area contributed by atoms with E-state index in [4.69, 9.17) is 9.47 Å². The minimum atomic E-state index is 0.0780. The second kappa shape index (κ2) is 7.98. The fourth-order valence-electron chi connectivity index (χ4n) is 2.45. The third kappa shape index (κ3) is 4.48. The van der Waals surface area contributed by atoms with Crippen molar-refractivity contribution in [2.24, 2.45) is 0 Å². The van der Waals surface area contributed by atoms with Crippen molar-refractivity contribution >= 4 is 17.1 Å². The summed E-state index contributed by atoms with van der Waals surface area (Å²) in [5, 5.41) is 4.17. The number of carbonyl (C=O) groups excluding carboxylic acids is 1. The number of ether oxygens (including phenoxy) is 2. The van der Waals surface area contributed by atoms with E-state index in [1.807, 2.05) is 47.3 Å². The highest BCUT2D eigenvalue weighted by atomic mass is 32.1. The van der Waals surface area contributed by atoms with Crippen molar-refractivity contribution in [2.75, 3.05) is 13.7 Å². The summed E-state index contributed by atoms with van der Waals surface area (Å²) in [5.41, 5.74) is 0.985. The van der Waals surface area contributed by atoms with Crippen molar-refractivity contribution < 1.29 is 14.3 Å². The first-order valence-electron chi connectivity index (χ1n) is 8.06. The Hall–Kier alpha value is -2.60. The van der Waals surface area contributed by atoms with Gasteiger partial charge in [0.2, 0.25) is 0 Å². The molecule has 0 N–H and O–H groups in total. The highest BCUT2D eigenvalue weighted by Gasteiger charge is 2.09. The number of nitrogens with zero attached hydrogens (tertiary/aromatic N) is 2. The average Bonchev–Trinajstić information content (AvgIpc) is 3.30. The molecule has 0 saturated carbocycles. The van der Waals surface area contributed by atoms with Crippen LogP contribution in [0.3, 0.4) is 0 Å². The number of methoxy groups -OCH3 is 1. The minimum absolute atomic E-state index is 0.0780. The van der Waals surface area contributed by atoms with Crippen LogP contribution in [0.15, 0.2) is 48.8 Å². The van der Waals surface area contributed by atoms with Gasteiger partial charge in [0.15, 0.2) is 5.78 Å². The predicted octanol–water partition coefficient (Wildman–Crippen LogP) is 4.29. The fourth-order valence-corrected chi connectivity index (χ4v) is 3.34. The molecule has 0 unspecified atom stereocenters. The number of hydrogen-bond acceptors (Lipinski definition) is 5. The number of aryl methyl sites for hydroxylation is 1. The van der Waals surface area contributed by atoms with E-state index in [0.29, 0.717) is 6.61 Å². The van der Waals surface area contributed by atoms with Gasteiger partial charge in [0, 0.05) is 36.3 Å². The molecule has 2 heterocycles. The van der Waals surface area contributed by atoms with E-state index in [-0.39, 0.29) is 5.78 Å². The quantitative estimate of drug-likeness (QED) is 0.446. The number of benzene rings is 1. The maximum Gasteiger partial charge on any atom is 0.169 e. The Bertz CT molecular complexity index is 840. The van der Waals surface area contributed by atoms with Crippen LogP contribution >= 0.6 is 11.3 Å². The van der Waals surface area contributed by atoms with E-state index >= 15 is 0 Å². The van der Waals surface area contributed by atoms with E-state index in [1.165, 1.54) is 11.3 Å². The molecule has 1 aromatic carbocycles. The molecule has 6 heteroatoms. The van der Waals surface area contributed by atoms with Gasteiger partial charge in [-0.2, -0.15) is 5.10 Å². The molecule has 0 amide bonds. The van der Waals surface area contributed by atoms with Crippen LogP contribution in [0.25, 0.3) is 10.4 Å².